The molecule has 0 amide bonds. The van der Waals surface area contributed by atoms with Crippen molar-refractivity contribution in [1.29, 1.82) is 0 Å². The van der Waals surface area contributed by atoms with Crippen molar-refractivity contribution in [3.05, 3.63) is 0 Å². The summed E-state index contributed by atoms with van der Waals surface area (Å²) < 4.78 is 0. The summed E-state index contributed by atoms with van der Waals surface area (Å²) in [6, 6.07) is 0. The molecule has 0 N–H and O–H groups in total. The van der Waals surface area contributed by atoms with E-state index in [1.807, 2.05) is 0 Å². The van der Waals surface area contributed by atoms with E-state index in [2.05, 4.69) is 11.8 Å². The maximum absolute atomic E-state index is 2.70. The normalized spacial score (nSPS) is 58.5. The highest BCUT2D eigenvalue weighted by atomic mass is 15.3. The van der Waals surface area contributed by atoms with Crippen LogP contribution in [0.1, 0.15) is 26.2 Å². The van der Waals surface area contributed by atoms with Crippen molar-refractivity contribution >= 4 is 0 Å². The lowest BCUT2D eigenvalue weighted by Gasteiger charge is -2.51. The van der Waals surface area contributed by atoms with Crippen LogP contribution in [0.3, 0.4) is 0 Å². The Hall–Kier alpha value is -0.0400. The predicted molar refractivity (Wildman–Crippen MR) is 40.8 cm³/mol. The van der Waals surface area contributed by atoms with Gasteiger partial charge in [-0.05, 0) is 44.6 Å². The van der Waals surface area contributed by atoms with Crippen molar-refractivity contribution in [3.8, 4) is 0 Å². The monoisotopic (exact) mass is 137 g/mol. The predicted octanol–water partition coefficient (Wildman–Crippen LogP) is 1.49. The molecule has 1 nitrogen and oxygen atoms in total. The summed E-state index contributed by atoms with van der Waals surface area (Å²) in [6.07, 6.45) is 4.54. The molecule has 2 saturated heterocycles. The smallest absolute Gasteiger partial charge is 0.0250 e. The lowest BCUT2D eigenvalue weighted by Crippen LogP contribution is -2.61. The zero-order chi connectivity index (χ0) is 6.77. The molecule has 3 atom stereocenters. The summed E-state index contributed by atoms with van der Waals surface area (Å²) in [5, 5.41) is 0. The second-order valence-corrected chi connectivity index (χ2v) is 4.43. The van der Waals surface area contributed by atoms with Crippen LogP contribution < -0.4 is 0 Å². The number of hydrogen-bond acceptors (Lipinski definition) is 1. The molecule has 0 bridgehead atoms. The molecule has 0 radical (unpaired) electrons. The second kappa shape index (κ2) is 1.42. The Balaban J connectivity index is 2.03. The van der Waals surface area contributed by atoms with Gasteiger partial charge in [0.15, 0.2) is 0 Å². The summed E-state index contributed by atoms with van der Waals surface area (Å²) >= 11 is 0. The van der Waals surface area contributed by atoms with Crippen LogP contribution in [0.4, 0.5) is 0 Å². The Morgan fingerprint density at radius 3 is 2.80 bits per heavy atom. The molecule has 1 saturated carbocycles. The molecule has 0 aromatic heterocycles. The van der Waals surface area contributed by atoms with Gasteiger partial charge in [0.25, 0.3) is 0 Å². The molecule has 1 aliphatic carbocycles. The first-order valence-electron chi connectivity index (χ1n) is 4.57. The Kier molecular flexibility index (Phi) is 0.797. The van der Waals surface area contributed by atoms with Crippen LogP contribution in [-0.2, 0) is 0 Å². The van der Waals surface area contributed by atoms with E-state index >= 15 is 0 Å². The first kappa shape index (κ1) is 5.59. The molecule has 2 aliphatic heterocycles. The van der Waals surface area contributed by atoms with E-state index in [1.54, 1.807) is 0 Å². The highest BCUT2D eigenvalue weighted by Gasteiger charge is 2.60. The van der Waals surface area contributed by atoms with Crippen molar-refractivity contribution in [3.63, 3.8) is 0 Å². The molecule has 3 rings (SSSR count). The van der Waals surface area contributed by atoms with Gasteiger partial charge in [-0.2, -0.15) is 0 Å². The van der Waals surface area contributed by atoms with Gasteiger partial charge in [-0.3, -0.25) is 4.90 Å². The van der Waals surface area contributed by atoms with E-state index in [4.69, 9.17) is 0 Å². The molecule has 1 heteroatoms. The zero-order valence-electron chi connectivity index (χ0n) is 6.64. The average Bonchev–Trinajstić information content (AvgIpc) is 2.16. The Morgan fingerprint density at radius 2 is 2.00 bits per heavy atom. The van der Waals surface area contributed by atoms with Crippen molar-refractivity contribution < 1.29 is 0 Å². The van der Waals surface area contributed by atoms with E-state index < -0.39 is 0 Å². The minimum absolute atomic E-state index is 0.694. The van der Waals surface area contributed by atoms with Gasteiger partial charge < -0.3 is 0 Å². The van der Waals surface area contributed by atoms with Crippen molar-refractivity contribution in [2.24, 2.45) is 11.8 Å². The summed E-state index contributed by atoms with van der Waals surface area (Å²) in [4.78, 5) is 2.70. The quantitative estimate of drug-likeness (QED) is 0.489. The Labute approximate surface area is 62.4 Å². The molecule has 56 valence electrons. The van der Waals surface area contributed by atoms with Crippen molar-refractivity contribution in [2.75, 3.05) is 13.1 Å². The topological polar surface area (TPSA) is 3.24 Å². The number of rotatable bonds is 0. The molecule has 0 unspecified atom stereocenters. The molecule has 0 aromatic rings. The fourth-order valence-corrected chi connectivity index (χ4v) is 3.54. The first-order valence-corrected chi connectivity index (χ1v) is 4.57. The van der Waals surface area contributed by atoms with Crippen LogP contribution in [0, 0.1) is 11.8 Å². The van der Waals surface area contributed by atoms with Gasteiger partial charge in [-0.1, -0.05) is 0 Å². The molecular weight excluding hydrogens is 122 g/mol. The number of hydrogen-bond donors (Lipinski definition) is 0. The third-order valence-electron chi connectivity index (χ3n) is 4.39. The highest BCUT2D eigenvalue weighted by molar-refractivity contribution is 5.14. The van der Waals surface area contributed by atoms with E-state index in [-0.39, 0.29) is 0 Å². The molecule has 0 spiro atoms. The van der Waals surface area contributed by atoms with E-state index in [0.717, 1.165) is 11.8 Å². The largest absolute Gasteiger partial charge is 0.297 e. The van der Waals surface area contributed by atoms with Gasteiger partial charge in [0.1, 0.15) is 0 Å². The first-order chi connectivity index (χ1) is 4.82. The fraction of sp³-hybridized carbons (Fsp3) is 1.00. The van der Waals surface area contributed by atoms with E-state index in [9.17, 15) is 0 Å². The van der Waals surface area contributed by atoms with Crippen molar-refractivity contribution in [2.45, 2.75) is 31.7 Å². The lowest BCUT2D eigenvalue weighted by molar-refractivity contribution is -0.0266. The van der Waals surface area contributed by atoms with Crippen LogP contribution >= 0.6 is 0 Å². The van der Waals surface area contributed by atoms with E-state index in [0.29, 0.717) is 5.54 Å². The molecular formula is C9H15N. The molecule has 2 heterocycles. The minimum atomic E-state index is 0.694. The van der Waals surface area contributed by atoms with E-state index in [1.165, 1.54) is 32.4 Å². The summed E-state index contributed by atoms with van der Waals surface area (Å²) in [7, 11) is 0. The zero-order valence-corrected chi connectivity index (χ0v) is 6.64. The summed E-state index contributed by atoms with van der Waals surface area (Å²) in [5.74, 6) is 2.16. The molecule has 0 aromatic carbocycles. The minimum Gasteiger partial charge on any atom is -0.297 e. The van der Waals surface area contributed by atoms with Gasteiger partial charge in [0.05, 0.1) is 0 Å². The highest BCUT2D eigenvalue weighted by Crippen LogP contribution is 2.57. The van der Waals surface area contributed by atoms with Gasteiger partial charge >= 0.3 is 0 Å². The molecule has 3 fully saturated rings. The number of nitrogens with zero attached hydrogens (tertiary/aromatic N) is 1. The SMILES string of the molecule is C[C@@]12[C@H]3CC[C@@H]1CN2CC3. The maximum Gasteiger partial charge on any atom is 0.0250 e. The standard InChI is InChI=1S/C9H15N/c1-9-7-2-3-8(9)6-10(9)5-4-7/h7-8H,2-6H2,1H3/t7-,8+,9+/m0/s1. The van der Waals surface area contributed by atoms with Gasteiger partial charge in [-0.25, -0.2) is 0 Å². The fourth-order valence-electron chi connectivity index (χ4n) is 3.54. The van der Waals surface area contributed by atoms with Crippen molar-refractivity contribution in [1.82, 2.24) is 4.90 Å². The average molecular weight is 137 g/mol. The Bertz CT molecular complexity index is 162. The third kappa shape index (κ3) is 0.378. The summed E-state index contributed by atoms with van der Waals surface area (Å²) in [5.41, 5.74) is 0.694. The molecule has 3 aliphatic rings. The van der Waals surface area contributed by atoms with Gasteiger partial charge in [-0.15, -0.1) is 0 Å². The van der Waals surface area contributed by atoms with Crippen LogP contribution in [0.5, 0.6) is 0 Å². The van der Waals surface area contributed by atoms with Crippen LogP contribution in [0.25, 0.3) is 0 Å². The second-order valence-electron chi connectivity index (χ2n) is 4.43. The van der Waals surface area contributed by atoms with Crippen LogP contribution in [-0.4, -0.2) is 23.5 Å². The van der Waals surface area contributed by atoms with Crippen LogP contribution in [0.2, 0.25) is 0 Å². The van der Waals surface area contributed by atoms with Crippen LogP contribution in [0.15, 0.2) is 0 Å². The van der Waals surface area contributed by atoms with Gasteiger partial charge in [0, 0.05) is 12.1 Å². The lowest BCUT2D eigenvalue weighted by atomic mass is 9.76. The maximum atomic E-state index is 2.70. The third-order valence-corrected chi connectivity index (χ3v) is 4.39. The van der Waals surface area contributed by atoms with Gasteiger partial charge in [0.2, 0.25) is 0 Å². The Morgan fingerprint density at radius 1 is 1.20 bits per heavy atom. The molecule has 10 heavy (non-hydrogen) atoms. The summed E-state index contributed by atoms with van der Waals surface area (Å²) in [6.45, 7) is 5.32.